The van der Waals surface area contributed by atoms with Gasteiger partial charge in [-0.2, -0.15) is 0 Å². The van der Waals surface area contributed by atoms with E-state index >= 15 is 0 Å². The summed E-state index contributed by atoms with van der Waals surface area (Å²) in [6, 6.07) is 0. The lowest BCUT2D eigenvalue weighted by Crippen LogP contribution is -2.39. The summed E-state index contributed by atoms with van der Waals surface area (Å²) in [6.07, 6.45) is 0.144. The Kier molecular flexibility index (Phi) is 4.50. The monoisotopic (exact) mass is 200 g/mol. The van der Waals surface area contributed by atoms with Gasteiger partial charge >= 0.3 is 5.97 Å². The van der Waals surface area contributed by atoms with E-state index < -0.39 is 17.4 Å². The Hall–Kier alpha value is -1.16. The van der Waals surface area contributed by atoms with Gasteiger partial charge in [0.15, 0.2) is 11.4 Å². The van der Waals surface area contributed by atoms with Crippen molar-refractivity contribution in [2.45, 2.75) is 32.8 Å². The van der Waals surface area contributed by atoms with Crippen molar-refractivity contribution in [1.82, 2.24) is 0 Å². The molecule has 1 atom stereocenters. The van der Waals surface area contributed by atoms with Crippen molar-refractivity contribution in [1.29, 1.82) is 0 Å². The van der Waals surface area contributed by atoms with Crippen LogP contribution >= 0.6 is 0 Å². The van der Waals surface area contributed by atoms with E-state index in [0.29, 0.717) is 0 Å². The van der Waals surface area contributed by atoms with E-state index in [0.717, 1.165) is 0 Å². The predicted molar refractivity (Wildman–Crippen MR) is 51.7 cm³/mol. The average molecular weight is 200 g/mol. The average Bonchev–Trinajstić information content (AvgIpc) is 2.15. The van der Waals surface area contributed by atoms with E-state index in [2.05, 4.69) is 11.3 Å². The third-order valence-electron chi connectivity index (χ3n) is 1.97. The van der Waals surface area contributed by atoms with E-state index in [-0.39, 0.29) is 18.6 Å². The van der Waals surface area contributed by atoms with Gasteiger partial charge in [0.2, 0.25) is 0 Å². The maximum Gasteiger partial charge on any atom is 0.336 e. The summed E-state index contributed by atoms with van der Waals surface area (Å²) in [6.45, 7) is 8.05. The molecule has 0 aliphatic carbocycles. The topological polar surface area (TPSA) is 63.6 Å². The van der Waals surface area contributed by atoms with Crippen molar-refractivity contribution < 1.29 is 19.4 Å². The second-order valence-corrected chi connectivity index (χ2v) is 3.05. The van der Waals surface area contributed by atoms with Crippen LogP contribution in [0.2, 0.25) is 0 Å². The van der Waals surface area contributed by atoms with Crippen molar-refractivity contribution in [3.63, 3.8) is 0 Å². The van der Waals surface area contributed by atoms with Crippen molar-refractivity contribution >= 4 is 11.8 Å². The largest absolute Gasteiger partial charge is 0.463 e. The fraction of sp³-hybridized carbons (Fsp3) is 0.600. The summed E-state index contributed by atoms with van der Waals surface area (Å²) in [4.78, 5) is 22.4. The fourth-order valence-electron chi connectivity index (χ4n) is 0.929. The molecular weight excluding hydrogens is 184 g/mol. The van der Waals surface area contributed by atoms with Crippen LogP contribution in [-0.4, -0.2) is 29.1 Å². The van der Waals surface area contributed by atoms with E-state index in [9.17, 15) is 14.7 Å². The second kappa shape index (κ2) is 4.91. The third-order valence-corrected chi connectivity index (χ3v) is 1.97. The molecule has 0 aliphatic rings. The Morgan fingerprint density at radius 3 is 2.29 bits per heavy atom. The first-order chi connectivity index (χ1) is 6.37. The SMILES string of the molecule is C=C(C(=O)OCC)C(C)(O)C(=O)CC. The predicted octanol–water partition coefficient (Wildman–Crippen LogP) is 0.836. The van der Waals surface area contributed by atoms with Gasteiger partial charge in [0.25, 0.3) is 0 Å². The zero-order valence-corrected chi connectivity index (χ0v) is 8.79. The van der Waals surface area contributed by atoms with Gasteiger partial charge in [0.05, 0.1) is 12.2 Å². The summed E-state index contributed by atoms with van der Waals surface area (Å²) in [7, 11) is 0. The molecule has 0 fully saturated rings. The molecule has 0 radical (unpaired) electrons. The van der Waals surface area contributed by atoms with Crippen LogP contribution in [0.4, 0.5) is 0 Å². The van der Waals surface area contributed by atoms with E-state index in [4.69, 9.17) is 0 Å². The van der Waals surface area contributed by atoms with Crippen molar-refractivity contribution in [3.05, 3.63) is 12.2 Å². The lowest BCUT2D eigenvalue weighted by molar-refractivity contribution is -0.145. The molecule has 0 heterocycles. The summed E-state index contributed by atoms with van der Waals surface area (Å²) < 4.78 is 4.63. The molecule has 0 aliphatic heterocycles. The molecule has 0 aromatic heterocycles. The summed E-state index contributed by atoms with van der Waals surface area (Å²) in [5, 5.41) is 9.70. The molecule has 0 spiro atoms. The van der Waals surface area contributed by atoms with Gasteiger partial charge in [0, 0.05) is 6.42 Å². The van der Waals surface area contributed by atoms with E-state index in [1.807, 2.05) is 0 Å². The molecule has 0 aromatic carbocycles. The van der Waals surface area contributed by atoms with Crippen LogP contribution in [0.25, 0.3) is 0 Å². The Bertz CT molecular complexity index is 253. The number of Topliss-reactive ketones (excluding diaryl/α,β-unsaturated/α-hetero) is 1. The number of hydrogen-bond acceptors (Lipinski definition) is 4. The van der Waals surface area contributed by atoms with Crippen molar-refractivity contribution in [2.75, 3.05) is 6.61 Å². The lowest BCUT2D eigenvalue weighted by atomic mass is 9.91. The number of hydrogen-bond donors (Lipinski definition) is 1. The molecule has 14 heavy (non-hydrogen) atoms. The Morgan fingerprint density at radius 1 is 1.43 bits per heavy atom. The minimum Gasteiger partial charge on any atom is -0.463 e. The quantitative estimate of drug-likeness (QED) is 0.527. The Morgan fingerprint density at radius 2 is 1.93 bits per heavy atom. The molecule has 0 saturated carbocycles. The van der Waals surface area contributed by atoms with Crippen molar-refractivity contribution in [3.8, 4) is 0 Å². The molecule has 0 saturated heterocycles. The van der Waals surface area contributed by atoms with Gasteiger partial charge in [0.1, 0.15) is 0 Å². The van der Waals surface area contributed by atoms with Gasteiger partial charge in [-0.15, -0.1) is 0 Å². The zero-order valence-electron chi connectivity index (χ0n) is 8.79. The molecule has 0 bridgehead atoms. The molecule has 4 heteroatoms. The highest BCUT2D eigenvalue weighted by Gasteiger charge is 2.36. The Labute approximate surface area is 83.6 Å². The van der Waals surface area contributed by atoms with E-state index in [1.165, 1.54) is 6.92 Å². The maximum atomic E-state index is 11.3. The van der Waals surface area contributed by atoms with Gasteiger partial charge in [-0.25, -0.2) is 4.79 Å². The minimum atomic E-state index is -1.82. The zero-order chi connectivity index (χ0) is 11.4. The third kappa shape index (κ3) is 2.67. The highest BCUT2D eigenvalue weighted by Crippen LogP contribution is 2.18. The molecule has 4 nitrogen and oxygen atoms in total. The first-order valence-electron chi connectivity index (χ1n) is 4.50. The number of carbonyl (C=O) groups is 2. The first-order valence-corrected chi connectivity index (χ1v) is 4.50. The highest BCUT2D eigenvalue weighted by molar-refractivity contribution is 6.01. The van der Waals surface area contributed by atoms with Gasteiger partial charge in [-0.1, -0.05) is 13.5 Å². The molecule has 0 rings (SSSR count). The normalized spacial score (nSPS) is 14.3. The van der Waals surface area contributed by atoms with Crippen LogP contribution in [0, 0.1) is 0 Å². The highest BCUT2D eigenvalue weighted by atomic mass is 16.5. The van der Waals surface area contributed by atoms with Crippen LogP contribution in [-0.2, 0) is 14.3 Å². The lowest BCUT2D eigenvalue weighted by Gasteiger charge is -2.22. The number of esters is 1. The van der Waals surface area contributed by atoms with Crippen LogP contribution in [0.5, 0.6) is 0 Å². The molecule has 1 N–H and O–H groups in total. The summed E-state index contributed by atoms with van der Waals surface area (Å²) in [5.41, 5.74) is -2.03. The number of aliphatic hydroxyl groups is 1. The molecular formula is C10H16O4. The fourth-order valence-corrected chi connectivity index (χ4v) is 0.929. The van der Waals surface area contributed by atoms with Crippen LogP contribution in [0.15, 0.2) is 12.2 Å². The number of carbonyl (C=O) groups excluding carboxylic acids is 2. The van der Waals surface area contributed by atoms with Gasteiger partial charge in [-0.05, 0) is 13.8 Å². The van der Waals surface area contributed by atoms with Crippen LogP contribution in [0.3, 0.4) is 0 Å². The van der Waals surface area contributed by atoms with Crippen LogP contribution < -0.4 is 0 Å². The number of ether oxygens (including phenoxy) is 1. The smallest absolute Gasteiger partial charge is 0.336 e. The summed E-state index contributed by atoms with van der Waals surface area (Å²) in [5.74, 6) is -1.19. The molecule has 0 aromatic rings. The minimum absolute atomic E-state index is 0.144. The maximum absolute atomic E-state index is 11.3. The molecule has 1 unspecified atom stereocenters. The number of ketones is 1. The second-order valence-electron chi connectivity index (χ2n) is 3.05. The van der Waals surface area contributed by atoms with Crippen LogP contribution in [0.1, 0.15) is 27.2 Å². The molecule has 80 valence electrons. The number of rotatable bonds is 5. The van der Waals surface area contributed by atoms with Gasteiger partial charge in [-0.3, -0.25) is 4.79 Å². The Balaban J connectivity index is 4.66. The summed E-state index contributed by atoms with van der Waals surface area (Å²) >= 11 is 0. The first kappa shape index (κ1) is 12.8. The molecule has 0 amide bonds. The van der Waals surface area contributed by atoms with Gasteiger partial charge < -0.3 is 9.84 Å². The van der Waals surface area contributed by atoms with Crippen molar-refractivity contribution in [2.24, 2.45) is 0 Å². The van der Waals surface area contributed by atoms with E-state index in [1.54, 1.807) is 13.8 Å². The standard InChI is InChI=1S/C10H16O4/c1-5-8(11)10(4,13)7(3)9(12)14-6-2/h13H,3,5-6H2,1-2,4H3.